The van der Waals surface area contributed by atoms with Gasteiger partial charge in [-0.3, -0.25) is 14.9 Å². The molecule has 41 heavy (non-hydrogen) atoms. The zero-order chi connectivity index (χ0) is 29.1. The van der Waals surface area contributed by atoms with E-state index < -0.39 is 4.92 Å². The highest BCUT2D eigenvalue weighted by atomic mass is 16.6. The molecule has 0 radical (unpaired) electrons. The number of ether oxygens (including phenoxy) is 2. The Labute approximate surface area is 235 Å². The van der Waals surface area contributed by atoms with Crippen LogP contribution < -0.4 is 15.0 Å². The molecule has 3 aromatic carbocycles. The van der Waals surface area contributed by atoms with Crippen LogP contribution in [0.2, 0.25) is 0 Å². The summed E-state index contributed by atoms with van der Waals surface area (Å²) in [4.78, 5) is 33.1. The number of pyridine rings is 1. The second kappa shape index (κ2) is 11.4. The Balaban J connectivity index is 1.63. The molecule has 10 nitrogen and oxygen atoms in total. The molecule has 2 aromatic heterocycles. The van der Waals surface area contributed by atoms with Crippen LogP contribution in [0.15, 0.2) is 88.9 Å². The maximum absolute atomic E-state index is 13.7. The van der Waals surface area contributed by atoms with Gasteiger partial charge in [0.25, 0.3) is 11.2 Å². The normalized spacial score (nSPS) is 11.3. The number of methoxy groups -OCH3 is 1. The molecule has 0 aliphatic carbocycles. The summed E-state index contributed by atoms with van der Waals surface area (Å²) in [5.41, 5.74) is 3.29. The van der Waals surface area contributed by atoms with Gasteiger partial charge in [-0.15, -0.1) is 0 Å². The van der Waals surface area contributed by atoms with E-state index in [1.54, 1.807) is 43.5 Å². The van der Waals surface area contributed by atoms with Crippen LogP contribution in [-0.2, 0) is 0 Å². The predicted octanol–water partition coefficient (Wildman–Crippen LogP) is 6.48. The zero-order valence-electron chi connectivity index (χ0n) is 22.9. The lowest BCUT2D eigenvalue weighted by molar-refractivity contribution is -0.385. The van der Waals surface area contributed by atoms with E-state index in [9.17, 15) is 14.9 Å². The summed E-state index contributed by atoms with van der Waals surface area (Å²) in [6.07, 6.45) is 2.64. The van der Waals surface area contributed by atoms with Gasteiger partial charge >= 0.3 is 0 Å². The highest BCUT2D eigenvalue weighted by molar-refractivity contribution is 5.85. The first kappa shape index (κ1) is 27.2. The third kappa shape index (κ3) is 5.53. The van der Waals surface area contributed by atoms with Gasteiger partial charge in [-0.25, -0.2) is 9.97 Å². The Hall–Kier alpha value is -5.38. The molecular formula is C31H27N5O5. The molecule has 5 rings (SSSR count). The molecule has 0 fully saturated rings. The summed E-state index contributed by atoms with van der Waals surface area (Å²) in [6.45, 7) is 6.09. The molecule has 0 bridgehead atoms. The number of aryl methyl sites for hydroxylation is 1. The van der Waals surface area contributed by atoms with Crippen LogP contribution in [0.25, 0.3) is 22.3 Å². The van der Waals surface area contributed by atoms with E-state index in [4.69, 9.17) is 14.5 Å². The van der Waals surface area contributed by atoms with Crippen molar-refractivity contribution in [2.45, 2.75) is 26.7 Å². The quantitative estimate of drug-likeness (QED) is 0.123. The molecule has 0 saturated heterocycles. The SMILES string of the molecule is COc1cc(C)c(-c2nc3ccccc3c(=O)n2N=Cc2ccccc2Oc2ccc([N+](=O)[O-])cn2)cc1C(C)C. The number of rotatable bonds is 8. The van der Waals surface area contributed by atoms with Gasteiger partial charge in [0.15, 0.2) is 5.82 Å². The van der Waals surface area contributed by atoms with Crippen molar-refractivity contribution in [2.24, 2.45) is 5.10 Å². The minimum Gasteiger partial charge on any atom is -0.496 e. The Morgan fingerprint density at radius 2 is 1.78 bits per heavy atom. The third-order valence-corrected chi connectivity index (χ3v) is 6.57. The Morgan fingerprint density at radius 1 is 1.02 bits per heavy atom. The smallest absolute Gasteiger partial charge is 0.287 e. The van der Waals surface area contributed by atoms with E-state index in [1.165, 1.54) is 23.0 Å². The molecule has 0 amide bonds. The van der Waals surface area contributed by atoms with E-state index in [-0.39, 0.29) is 23.0 Å². The van der Waals surface area contributed by atoms with Crippen LogP contribution in [0.4, 0.5) is 5.69 Å². The zero-order valence-corrected chi connectivity index (χ0v) is 22.9. The lowest BCUT2D eigenvalue weighted by Crippen LogP contribution is -2.21. The minimum absolute atomic E-state index is 0.141. The van der Waals surface area contributed by atoms with E-state index in [1.807, 2.05) is 31.2 Å². The number of benzene rings is 3. The summed E-state index contributed by atoms with van der Waals surface area (Å²) in [5, 5.41) is 16.0. The van der Waals surface area contributed by atoms with Crippen molar-refractivity contribution in [2.75, 3.05) is 7.11 Å². The topological polar surface area (TPSA) is 122 Å². The Bertz CT molecular complexity index is 1850. The molecule has 0 N–H and O–H groups in total. The summed E-state index contributed by atoms with van der Waals surface area (Å²) in [6, 6.07) is 20.9. The largest absolute Gasteiger partial charge is 0.496 e. The minimum atomic E-state index is -0.529. The second-order valence-electron chi connectivity index (χ2n) is 9.63. The number of hydrogen-bond acceptors (Lipinski definition) is 8. The van der Waals surface area contributed by atoms with Gasteiger partial charge < -0.3 is 9.47 Å². The first-order chi connectivity index (χ1) is 19.8. The highest BCUT2D eigenvalue weighted by Crippen LogP contribution is 2.34. The summed E-state index contributed by atoms with van der Waals surface area (Å²) < 4.78 is 12.8. The standard InChI is InChI=1S/C31H27N5O5/c1-19(2)24-16-25(20(3)15-28(24)40-4)30-34-26-11-7-6-10-23(26)31(37)35(30)33-17-21-9-5-8-12-27(21)41-29-14-13-22(18-32-29)36(38)39/h5-19H,1-4H3. The first-order valence-electron chi connectivity index (χ1n) is 12.9. The number of nitrogens with zero attached hydrogens (tertiary/aromatic N) is 5. The molecule has 10 heteroatoms. The molecule has 5 aromatic rings. The second-order valence-corrected chi connectivity index (χ2v) is 9.63. The van der Waals surface area contributed by atoms with E-state index >= 15 is 0 Å². The molecule has 0 aliphatic rings. The van der Waals surface area contributed by atoms with Crippen molar-refractivity contribution >= 4 is 22.8 Å². The molecule has 206 valence electrons. The summed E-state index contributed by atoms with van der Waals surface area (Å²) >= 11 is 0. The van der Waals surface area contributed by atoms with Crippen molar-refractivity contribution in [1.29, 1.82) is 0 Å². The highest BCUT2D eigenvalue weighted by Gasteiger charge is 2.18. The number of fused-ring (bicyclic) bond motifs is 1. The number of nitro groups is 1. The maximum Gasteiger partial charge on any atom is 0.287 e. The lowest BCUT2D eigenvalue weighted by Gasteiger charge is -2.17. The molecule has 0 unspecified atom stereocenters. The van der Waals surface area contributed by atoms with Crippen LogP contribution in [-0.4, -0.2) is 32.9 Å². The van der Waals surface area contributed by atoms with Crippen molar-refractivity contribution < 1.29 is 14.4 Å². The van der Waals surface area contributed by atoms with Crippen LogP contribution in [0.1, 0.15) is 36.5 Å². The van der Waals surface area contributed by atoms with Gasteiger partial charge in [0, 0.05) is 23.3 Å². The van der Waals surface area contributed by atoms with Gasteiger partial charge in [0.05, 0.1) is 29.2 Å². The number of hydrogen-bond donors (Lipinski definition) is 0. The number of para-hydroxylation sites is 2. The van der Waals surface area contributed by atoms with Crippen molar-refractivity contribution in [3.05, 3.63) is 116 Å². The van der Waals surface area contributed by atoms with Gasteiger partial charge in [0.2, 0.25) is 5.88 Å². The van der Waals surface area contributed by atoms with Crippen LogP contribution in [0.5, 0.6) is 17.4 Å². The predicted molar refractivity (Wildman–Crippen MR) is 157 cm³/mol. The van der Waals surface area contributed by atoms with E-state index in [0.717, 1.165) is 28.6 Å². The average molecular weight is 550 g/mol. The summed E-state index contributed by atoms with van der Waals surface area (Å²) in [7, 11) is 1.64. The number of aromatic nitrogens is 3. The van der Waals surface area contributed by atoms with Crippen molar-refractivity contribution in [3.63, 3.8) is 0 Å². The monoisotopic (exact) mass is 549 g/mol. The third-order valence-electron chi connectivity index (χ3n) is 6.57. The maximum atomic E-state index is 13.7. The molecule has 0 saturated carbocycles. The van der Waals surface area contributed by atoms with Gasteiger partial charge in [0.1, 0.15) is 17.7 Å². The molecule has 2 heterocycles. The van der Waals surface area contributed by atoms with Gasteiger partial charge in [-0.05, 0) is 60.4 Å². The molecule has 0 spiro atoms. The summed E-state index contributed by atoms with van der Waals surface area (Å²) in [5.74, 6) is 1.92. The van der Waals surface area contributed by atoms with Crippen LogP contribution in [0.3, 0.4) is 0 Å². The van der Waals surface area contributed by atoms with Gasteiger partial charge in [-0.2, -0.15) is 9.78 Å². The Kier molecular flexibility index (Phi) is 7.55. The van der Waals surface area contributed by atoms with E-state index in [0.29, 0.717) is 28.0 Å². The van der Waals surface area contributed by atoms with Crippen molar-refractivity contribution in [3.8, 4) is 28.8 Å². The van der Waals surface area contributed by atoms with Gasteiger partial charge in [-0.1, -0.05) is 38.1 Å². The fourth-order valence-electron chi connectivity index (χ4n) is 4.43. The average Bonchev–Trinajstić information content (AvgIpc) is 2.97. The van der Waals surface area contributed by atoms with Crippen LogP contribution in [0, 0.1) is 17.0 Å². The Morgan fingerprint density at radius 3 is 2.49 bits per heavy atom. The first-order valence-corrected chi connectivity index (χ1v) is 12.9. The molecule has 0 atom stereocenters. The van der Waals surface area contributed by atoms with E-state index in [2.05, 4.69) is 23.9 Å². The van der Waals surface area contributed by atoms with Crippen molar-refractivity contribution in [1.82, 2.24) is 14.6 Å². The lowest BCUT2D eigenvalue weighted by atomic mass is 9.96. The molecule has 0 aliphatic heterocycles. The van der Waals surface area contributed by atoms with Crippen LogP contribution >= 0.6 is 0 Å². The fraction of sp³-hybridized carbons (Fsp3) is 0.161. The molecular weight excluding hydrogens is 522 g/mol. The fourth-order valence-corrected chi connectivity index (χ4v) is 4.43.